The van der Waals surface area contributed by atoms with E-state index < -0.39 is 6.29 Å². The Morgan fingerprint density at radius 3 is 2.58 bits per heavy atom. The van der Waals surface area contributed by atoms with E-state index in [0.717, 1.165) is 44.3 Å². The first-order valence-corrected chi connectivity index (χ1v) is 17.2. The second-order valence-corrected chi connectivity index (χ2v) is 16.6. The van der Waals surface area contributed by atoms with Crippen LogP contribution in [0.1, 0.15) is 97.1 Å². The molecule has 2 saturated heterocycles. The molecule has 8 rings (SSSR count). The lowest BCUT2D eigenvalue weighted by molar-refractivity contribution is -0.225. The molecule has 3 N–H and O–H groups in total. The predicted molar refractivity (Wildman–Crippen MR) is 166 cm³/mol. The van der Waals surface area contributed by atoms with Crippen molar-refractivity contribution in [2.24, 2.45) is 50.7 Å². The van der Waals surface area contributed by atoms with Gasteiger partial charge < -0.3 is 24.8 Å². The van der Waals surface area contributed by atoms with Gasteiger partial charge in [-0.1, -0.05) is 68.8 Å². The van der Waals surface area contributed by atoms with Crippen molar-refractivity contribution in [2.75, 3.05) is 13.2 Å². The molecule has 0 amide bonds. The third kappa shape index (κ3) is 3.64. The van der Waals surface area contributed by atoms with Gasteiger partial charge in [-0.15, -0.1) is 0 Å². The van der Waals surface area contributed by atoms with Crippen LogP contribution >= 0.6 is 0 Å². The van der Waals surface area contributed by atoms with Crippen LogP contribution in [0.15, 0.2) is 53.6 Å². The van der Waals surface area contributed by atoms with Crippen LogP contribution in [0.3, 0.4) is 0 Å². The highest BCUT2D eigenvalue weighted by Crippen LogP contribution is 2.91. The number of allylic oxidation sites excluding steroid dienone is 1. The summed E-state index contributed by atoms with van der Waals surface area (Å²) in [5.74, 6) is 1.48. The fourth-order valence-corrected chi connectivity index (χ4v) is 13.3. The van der Waals surface area contributed by atoms with Crippen LogP contribution in [0.4, 0.5) is 0 Å². The van der Waals surface area contributed by atoms with Crippen LogP contribution in [0, 0.1) is 50.7 Å². The highest BCUT2D eigenvalue weighted by Gasteiger charge is 2.85. The third-order valence-electron chi connectivity index (χ3n) is 15.3. The molecule has 5 nitrogen and oxygen atoms in total. The Kier molecular flexibility index (Phi) is 6.40. The minimum Gasteiger partial charge on any atom is -0.393 e. The second kappa shape index (κ2) is 9.51. The molecule has 0 bridgehead atoms. The first-order chi connectivity index (χ1) is 20.5. The number of hydrogen-bond acceptors (Lipinski definition) is 5. The first-order valence-electron chi connectivity index (χ1n) is 17.2. The summed E-state index contributed by atoms with van der Waals surface area (Å²) in [5.41, 5.74) is 4.12. The summed E-state index contributed by atoms with van der Waals surface area (Å²) in [5, 5.41) is 33.0. The van der Waals surface area contributed by atoms with Crippen molar-refractivity contribution in [3.05, 3.63) is 59.2 Å². The molecule has 234 valence electrons. The van der Waals surface area contributed by atoms with E-state index in [0.29, 0.717) is 17.8 Å². The van der Waals surface area contributed by atoms with E-state index in [2.05, 4.69) is 57.2 Å². The van der Waals surface area contributed by atoms with Gasteiger partial charge in [0, 0.05) is 16.7 Å². The molecule has 0 aromatic heterocycles. The molecule has 5 heteroatoms. The van der Waals surface area contributed by atoms with Gasteiger partial charge in [0.15, 0.2) is 6.29 Å². The summed E-state index contributed by atoms with van der Waals surface area (Å²) < 4.78 is 12.7. The van der Waals surface area contributed by atoms with E-state index in [9.17, 15) is 15.3 Å². The molecule has 6 fully saturated rings. The number of aliphatic hydroxyl groups is 3. The molecule has 13 atom stereocenters. The number of hydrogen-bond donors (Lipinski definition) is 3. The number of aliphatic hydroxyl groups excluding tert-OH is 3. The van der Waals surface area contributed by atoms with E-state index in [1.165, 1.54) is 31.2 Å². The maximum absolute atomic E-state index is 12.4. The maximum Gasteiger partial charge on any atom is 0.158 e. The van der Waals surface area contributed by atoms with Gasteiger partial charge in [0.25, 0.3) is 0 Å². The molecule has 2 aliphatic heterocycles. The summed E-state index contributed by atoms with van der Waals surface area (Å²) >= 11 is 0. The van der Waals surface area contributed by atoms with Gasteiger partial charge in [0.1, 0.15) is 0 Å². The van der Waals surface area contributed by atoms with Crippen LogP contribution in [0.5, 0.6) is 0 Å². The fraction of sp³-hybridized carbons (Fsp3) is 0.737. The van der Waals surface area contributed by atoms with Gasteiger partial charge in [-0.05, 0) is 110 Å². The second-order valence-electron chi connectivity index (χ2n) is 16.6. The maximum atomic E-state index is 12.4. The Morgan fingerprint density at radius 2 is 1.81 bits per heavy atom. The molecule has 0 radical (unpaired) electrons. The SMILES string of the molecule is C/C(=C\[C@H]1C[C@@H]([C@@H]2CC[C@]34C[C@]23CC[C@@H]2[C@@]3(C)CC=C5C[C@@H](c6ccccc6)OC[C@]5(C)[C@@H]3C[C@@H](O)[C@]24C)C(O)O1)CO. The largest absolute Gasteiger partial charge is 0.393 e. The Balaban J connectivity index is 1.08. The van der Waals surface area contributed by atoms with Crippen molar-refractivity contribution >= 4 is 0 Å². The van der Waals surface area contributed by atoms with Crippen LogP contribution in [-0.4, -0.2) is 47.0 Å². The Bertz CT molecular complexity index is 1340. The topological polar surface area (TPSA) is 79.2 Å². The van der Waals surface area contributed by atoms with E-state index in [-0.39, 0.29) is 57.9 Å². The molecule has 4 saturated carbocycles. The van der Waals surface area contributed by atoms with Crippen molar-refractivity contribution in [3.63, 3.8) is 0 Å². The standard InChI is InChI=1S/C38H52O5/c1-23(20-39)16-26-18-27(33(41)43-26)28-11-15-38-21-37(28,38)14-12-30-34(2)13-10-25-17-29(24-8-6-5-7-9-24)42-22-35(25,3)31(34)19-32(40)36(30,38)4/h5-10,16,26-33,39-41H,11-15,17-22H2,1-4H3/b23-16+/t26-,27-,28-,29-,30+,31+,32+,33?,34+,35-,36-,37+,38+/m0/s1. The lowest BCUT2D eigenvalue weighted by Gasteiger charge is -2.68. The first kappa shape index (κ1) is 28.9. The lowest BCUT2D eigenvalue weighted by atomic mass is 9.37. The van der Waals surface area contributed by atoms with Gasteiger partial charge >= 0.3 is 0 Å². The average molecular weight is 589 g/mol. The zero-order valence-electron chi connectivity index (χ0n) is 26.6. The van der Waals surface area contributed by atoms with Gasteiger partial charge in [0.2, 0.25) is 0 Å². The third-order valence-corrected chi connectivity index (χ3v) is 15.3. The minimum absolute atomic E-state index is 0.0317. The minimum atomic E-state index is -0.736. The van der Waals surface area contributed by atoms with Gasteiger partial charge in [0.05, 0.1) is 31.5 Å². The number of benzene rings is 1. The van der Waals surface area contributed by atoms with Crippen LogP contribution in [0.25, 0.3) is 0 Å². The molecule has 1 aromatic rings. The Labute approximate surface area is 257 Å². The molecule has 5 aliphatic carbocycles. The van der Waals surface area contributed by atoms with Gasteiger partial charge in [-0.2, -0.15) is 0 Å². The highest BCUT2D eigenvalue weighted by atomic mass is 16.6. The monoisotopic (exact) mass is 588 g/mol. The van der Waals surface area contributed by atoms with E-state index in [4.69, 9.17) is 9.47 Å². The van der Waals surface area contributed by atoms with Crippen molar-refractivity contribution in [2.45, 2.75) is 110 Å². The van der Waals surface area contributed by atoms with E-state index in [1.807, 2.05) is 13.0 Å². The quantitative estimate of drug-likeness (QED) is 0.340. The van der Waals surface area contributed by atoms with Crippen molar-refractivity contribution in [3.8, 4) is 0 Å². The van der Waals surface area contributed by atoms with Crippen molar-refractivity contribution < 1.29 is 24.8 Å². The summed E-state index contributed by atoms with van der Waals surface area (Å²) in [6, 6.07) is 10.7. The van der Waals surface area contributed by atoms with Gasteiger partial charge in [-0.3, -0.25) is 0 Å². The molecule has 7 aliphatic rings. The number of rotatable bonds is 4. The highest BCUT2D eigenvalue weighted by molar-refractivity contribution is 5.36. The predicted octanol–water partition coefficient (Wildman–Crippen LogP) is 6.74. The average Bonchev–Trinajstić information content (AvgIpc) is 3.39. The number of ether oxygens (including phenoxy) is 2. The molecular weight excluding hydrogens is 536 g/mol. The Morgan fingerprint density at radius 1 is 1.02 bits per heavy atom. The summed E-state index contributed by atoms with van der Waals surface area (Å²) in [7, 11) is 0. The molecule has 1 aromatic carbocycles. The molecule has 43 heavy (non-hydrogen) atoms. The van der Waals surface area contributed by atoms with Gasteiger partial charge in [-0.25, -0.2) is 0 Å². The van der Waals surface area contributed by atoms with Crippen LogP contribution < -0.4 is 0 Å². The zero-order valence-corrected chi connectivity index (χ0v) is 26.6. The zero-order chi connectivity index (χ0) is 30.0. The lowest BCUT2D eigenvalue weighted by Crippen LogP contribution is -2.65. The number of fused-ring (bicyclic) bond motifs is 5. The summed E-state index contributed by atoms with van der Waals surface area (Å²) in [4.78, 5) is 0. The molecule has 0 spiro atoms. The summed E-state index contributed by atoms with van der Waals surface area (Å²) in [6.07, 6.45) is 13.2. The van der Waals surface area contributed by atoms with E-state index in [1.54, 1.807) is 5.57 Å². The van der Waals surface area contributed by atoms with Crippen molar-refractivity contribution in [1.29, 1.82) is 0 Å². The molecular formula is C38H52O5. The molecule has 1 unspecified atom stereocenters. The Hall–Kier alpha value is -1.50. The van der Waals surface area contributed by atoms with Crippen LogP contribution in [0.2, 0.25) is 0 Å². The smallest absolute Gasteiger partial charge is 0.158 e. The van der Waals surface area contributed by atoms with Crippen LogP contribution in [-0.2, 0) is 9.47 Å². The normalized spacial score (nSPS) is 53.7. The summed E-state index contributed by atoms with van der Waals surface area (Å²) in [6.45, 7) is 10.2. The van der Waals surface area contributed by atoms with E-state index >= 15 is 0 Å². The molecule has 2 heterocycles. The fourth-order valence-electron chi connectivity index (χ4n) is 13.3. The van der Waals surface area contributed by atoms with Crippen molar-refractivity contribution in [1.82, 2.24) is 0 Å².